The van der Waals surface area contributed by atoms with Crippen LogP contribution in [0.4, 0.5) is 0 Å². The van der Waals surface area contributed by atoms with Crippen LogP contribution in [0.3, 0.4) is 0 Å². The van der Waals surface area contributed by atoms with Crippen molar-refractivity contribution in [2.45, 2.75) is 19.4 Å². The maximum Gasteiger partial charge on any atom is 0.132 e. The molecule has 84 valence electrons. The number of rotatable bonds is 3. The van der Waals surface area contributed by atoms with E-state index >= 15 is 0 Å². The highest BCUT2D eigenvalue weighted by Crippen LogP contribution is 2.39. The predicted molar refractivity (Wildman–Crippen MR) is 67.1 cm³/mol. The van der Waals surface area contributed by atoms with Crippen molar-refractivity contribution in [1.29, 1.82) is 0 Å². The third-order valence-electron chi connectivity index (χ3n) is 2.34. The van der Waals surface area contributed by atoms with E-state index in [9.17, 15) is 9.90 Å². The Bertz CT molecular complexity index is 533. The number of carbonyl (C=O) groups is 1. The first-order chi connectivity index (χ1) is 7.59. The maximum absolute atomic E-state index is 11.0. The van der Waals surface area contributed by atoms with Crippen molar-refractivity contribution in [2.24, 2.45) is 0 Å². The molecule has 0 aliphatic carbocycles. The lowest BCUT2D eigenvalue weighted by Gasteiger charge is -2.05. The first-order valence-corrected chi connectivity index (χ1v) is 6.13. The number of fused-ring (bicyclic) bond motifs is 1. The summed E-state index contributed by atoms with van der Waals surface area (Å²) in [5.74, 6) is -0.0407. The third kappa shape index (κ3) is 2.12. The summed E-state index contributed by atoms with van der Waals surface area (Å²) >= 11 is 7.61. The Morgan fingerprint density at radius 3 is 2.81 bits per heavy atom. The van der Waals surface area contributed by atoms with Crippen LogP contribution in [0.2, 0.25) is 5.02 Å². The highest BCUT2D eigenvalue weighted by atomic mass is 35.5. The molecule has 1 aromatic heterocycles. The average Bonchev–Trinajstić information content (AvgIpc) is 2.56. The van der Waals surface area contributed by atoms with Gasteiger partial charge in [-0.1, -0.05) is 29.8 Å². The van der Waals surface area contributed by atoms with E-state index in [1.807, 2.05) is 24.3 Å². The number of benzene rings is 1. The summed E-state index contributed by atoms with van der Waals surface area (Å²) in [6.45, 7) is 1.46. The van der Waals surface area contributed by atoms with Crippen LogP contribution in [-0.4, -0.2) is 10.9 Å². The molecule has 4 heteroatoms. The van der Waals surface area contributed by atoms with Crippen LogP contribution >= 0.6 is 22.9 Å². The molecular formula is C12H11ClO2S. The van der Waals surface area contributed by atoms with Gasteiger partial charge < -0.3 is 5.11 Å². The van der Waals surface area contributed by atoms with Crippen molar-refractivity contribution in [1.82, 2.24) is 0 Å². The molecular weight excluding hydrogens is 244 g/mol. The van der Waals surface area contributed by atoms with Crippen LogP contribution in [0.5, 0.6) is 0 Å². The summed E-state index contributed by atoms with van der Waals surface area (Å²) in [4.78, 5) is 11.6. The lowest BCUT2D eigenvalue weighted by Crippen LogP contribution is -2.01. The molecule has 16 heavy (non-hydrogen) atoms. The van der Waals surface area contributed by atoms with E-state index in [1.54, 1.807) is 0 Å². The van der Waals surface area contributed by atoms with Gasteiger partial charge in [-0.15, -0.1) is 11.3 Å². The number of ketones is 1. The van der Waals surface area contributed by atoms with E-state index in [2.05, 4.69) is 0 Å². The monoisotopic (exact) mass is 254 g/mol. The Labute approximate surface area is 102 Å². The van der Waals surface area contributed by atoms with Crippen molar-refractivity contribution in [3.05, 3.63) is 34.2 Å². The van der Waals surface area contributed by atoms with Crippen molar-refractivity contribution < 1.29 is 9.90 Å². The molecule has 1 atom stereocenters. The Kier molecular flexibility index (Phi) is 3.28. The molecule has 1 heterocycles. The molecule has 1 aromatic carbocycles. The Morgan fingerprint density at radius 1 is 1.50 bits per heavy atom. The second kappa shape index (κ2) is 4.53. The molecule has 0 radical (unpaired) electrons. The van der Waals surface area contributed by atoms with E-state index in [0.29, 0.717) is 9.90 Å². The van der Waals surface area contributed by atoms with Gasteiger partial charge in [0.1, 0.15) is 5.78 Å². The molecule has 0 saturated carbocycles. The maximum atomic E-state index is 11.0. The molecule has 0 amide bonds. The number of aliphatic hydroxyl groups excluding tert-OH is 1. The minimum Gasteiger partial charge on any atom is -0.387 e. The van der Waals surface area contributed by atoms with Gasteiger partial charge in [-0.25, -0.2) is 0 Å². The Morgan fingerprint density at radius 2 is 2.19 bits per heavy atom. The minimum absolute atomic E-state index is 0.0407. The van der Waals surface area contributed by atoms with Crippen LogP contribution in [0.15, 0.2) is 24.3 Å². The zero-order valence-electron chi connectivity index (χ0n) is 8.74. The number of hydrogen-bond donors (Lipinski definition) is 1. The Balaban J connectivity index is 2.45. The summed E-state index contributed by atoms with van der Waals surface area (Å²) in [6, 6.07) is 7.70. The fourth-order valence-corrected chi connectivity index (χ4v) is 3.16. The number of hydrogen-bond acceptors (Lipinski definition) is 3. The second-order valence-electron chi connectivity index (χ2n) is 3.70. The van der Waals surface area contributed by atoms with Crippen LogP contribution < -0.4 is 0 Å². The van der Waals surface area contributed by atoms with Gasteiger partial charge in [-0.05, 0) is 13.0 Å². The predicted octanol–water partition coefficient (Wildman–Crippen LogP) is 3.57. The minimum atomic E-state index is -0.789. The third-order valence-corrected chi connectivity index (χ3v) is 4.13. The fraction of sp³-hybridized carbons (Fsp3) is 0.250. The largest absolute Gasteiger partial charge is 0.387 e. The molecule has 1 N–H and O–H groups in total. The summed E-state index contributed by atoms with van der Waals surface area (Å²) in [5.41, 5.74) is 0. The van der Waals surface area contributed by atoms with E-state index < -0.39 is 6.10 Å². The number of thiophene rings is 1. The number of carbonyl (C=O) groups excluding carboxylic acids is 1. The van der Waals surface area contributed by atoms with Crippen LogP contribution in [0.1, 0.15) is 24.3 Å². The van der Waals surface area contributed by atoms with Gasteiger partial charge in [0.25, 0.3) is 0 Å². The molecule has 0 bridgehead atoms. The lowest BCUT2D eigenvalue weighted by atomic mass is 10.1. The molecule has 0 spiro atoms. The van der Waals surface area contributed by atoms with Crippen molar-refractivity contribution in [3.8, 4) is 0 Å². The summed E-state index contributed by atoms with van der Waals surface area (Å²) in [6.07, 6.45) is -0.672. The number of halogens is 1. The van der Waals surface area contributed by atoms with E-state index in [-0.39, 0.29) is 12.2 Å². The zero-order valence-corrected chi connectivity index (χ0v) is 10.3. The summed E-state index contributed by atoms with van der Waals surface area (Å²) in [5, 5.41) is 11.4. The normalized spacial score (nSPS) is 12.9. The molecule has 1 unspecified atom stereocenters. The number of aliphatic hydroxyl groups is 1. The molecule has 2 nitrogen and oxygen atoms in total. The first kappa shape index (κ1) is 11.6. The standard InChI is InChI=1S/C12H11ClO2S/c1-7(14)6-9(15)12-11(13)8-4-2-3-5-10(8)16-12/h2-5,9,15H,6H2,1H3. The molecule has 0 aliphatic heterocycles. The topological polar surface area (TPSA) is 37.3 Å². The van der Waals surface area contributed by atoms with Crippen molar-refractivity contribution in [3.63, 3.8) is 0 Å². The van der Waals surface area contributed by atoms with Crippen LogP contribution in [0, 0.1) is 0 Å². The zero-order chi connectivity index (χ0) is 11.7. The highest BCUT2D eigenvalue weighted by molar-refractivity contribution is 7.19. The van der Waals surface area contributed by atoms with E-state index in [0.717, 1.165) is 10.1 Å². The smallest absolute Gasteiger partial charge is 0.132 e. The highest BCUT2D eigenvalue weighted by Gasteiger charge is 2.18. The number of Topliss-reactive ketones (excluding diaryl/α,β-unsaturated/α-hetero) is 1. The SMILES string of the molecule is CC(=O)CC(O)c1sc2ccccc2c1Cl. The fourth-order valence-electron chi connectivity index (χ4n) is 1.61. The van der Waals surface area contributed by atoms with Crippen LogP contribution in [0.25, 0.3) is 10.1 Å². The van der Waals surface area contributed by atoms with E-state index in [4.69, 9.17) is 11.6 Å². The average molecular weight is 255 g/mol. The molecule has 0 aliphatic rings. The van der Waals surface area contributed by atoms with Gasteiger partial charge in [0.15, 0.2) is 0 Å². The Hall–Kier alpha value is -0.900. The summed E-state index contributed by atoms with van der Waals surface area (Å²) in [7, 11) is 0. The van der Waals surface area contributed by atoms with Gasteiger partial charge in [0, 0.05) is 16.5 Å². The van der Waals surface area contributed by atoms with Crippen molar-refractivity contribution in [2.75, 3.05) is 0 Å². The van der Waals surface area contributed by atoms with Crippen molar-refractivity contribution >= 4 is 38.8 Å². The van der Waals surface area contributed by atoms with Gasteiger partial charge in [0.2, 0.25) is 0 Å². The van der Waals surface area contributed by atoms with Crippen LogP contribution in [-0.2, 0) is 4.79 Å². The van der Waals surface area contributed by atoms with Gasteiger partial charge in [0.05, 0.1) is 16.0 Å². The van der Waals surface area contributed by atoms with Gasteiger partial charge in [-0.3, -0.25) is 4.79 Å². The first-order valence-electron chi connectivity index (χ1n) is 4.94. The van der Waals surface area contributed by atoms with Gasteiger partial charge >= 0.3 is 0 Å². The second-order valence-corrected chi connectivity index (χ2v) is 5.16. The summed E-state index contributed by atoms with van der Waals surface area (Å²) < 4.78 is 1.03. The van der Waals surface area contributed by atoms with E-state index in [1.165, 1.54) is 18.3 Å². The molecule has 0 fully saturated rings. The molecule has 2 aromatic rings. The van der Waals surface area contributed by atoms with Gasteiger partial charge in [-0.2, -0.15) is 0 Å². The lowest BCUT2D eigenvalue weighted by molar-refractivity contribution is -0.118. The quantitative estimate of drug-likeness (QED) is 0.909. The molecule has 0 saturated heterocycles. The molecule has 2 rings (SSSR count).